The summed E-state index contributed by atoms with van der Waals surface area (Å²) in [7, 11) is 0. The molecule has 0 bridgehead atoms. The Morgan fingerprint density at radius 2 is 1.94 bits per heavy atom. The Kier molecular flexibility index (Phi) is 4.31. The van der Waals surface area contributed by atoms with Crippen molar-refractivity contribution in [2.45, 2.75) is 45.2 Å². The molecule has 1 heterocycles. The number of nitrogens with zero attached hydrogens (tertiary/aromatic N) is 1. The van der Waals surface area contributed by atoms with Crippen LogP contribution in [-0.4, -0.2) is 16.1 Å². The van der Waals surface area contributed by atoms with Gasteiger partial charge in [0, 0.05) is 17.7 Å². The van der Waals surface area contributed by atoms with E-state index in [1.807, 2.05) is 13.8 Å². The van der Waals surface area contributed by atoms with Gasteiger partial charge in [-0.05, 0) is 12.8 Å². The molecule has 6 heteroatoms. The fourth-order valence-electron chi connectivity index (χ4n) is 1.66. The van der Waals surface area contributed by atoms with E-state index in [1.54, 1.807) is 0 Å². The zero-order valence-corrected chi connectivity index (χ0v) is 9.77. The third-order valence-electron chi connectivity index (χ3n) is 2.66. The first kappa shape index (κ1) is 13.7. The summed E-state index contributed by atoms with van der Waals surface area (Å²) in [5.41, 5.74) is -1.04. The topological polar surface area (TPSA) is 45.8 Å². The molecule has 0 spiro atoms. The third-order valence-corrected chi connectivity index (χ3v) is 2.66. The Labute approximate surface area is 97.1 Å². The second kappa shape index (κ2) is 5.33. The monoisotopic (exact) mass is 248 g/mol. The van der Waals surface area contributed by atoms with Gasteiger partial charge in [-0.3, -0.25) is 4.79 Å². The van der Waals surface area contributed by atoms with E-state index in [4.69, 9.17) is 0 Å². The van der Waals surface area contributed by atoms with Gasteiger partial charge in [0.25, 0.3) is 5.56 Å². The van der Waals surface area contributed by atoms with Crippen molar-refractivity contribution in [3.63, 3.8) is 0 Å². The minimum absolute atomic E-state index is 0.0858. The molecule has 1 aromatic rings. The van der Waals surface area contributed by atoms with Crippen LogP contribution in [0.3, 0.4) is 0 Å². The van der Waals surface area contributed by atoms with E-state index in [0.717, 1.165) is 19.0 Å². The van der Waals surface area contributed by atoms with Crippen LogP contribution in [0.5, 0.6) is 0 Å². The average Bonchev–Trinajstić information content (AvgIpc) is 2.22. The number of alkyl halides is 3. The lowest BCUT2D eigenvalue weighted by Crippen LogP contribution is -2.23. The van der Waals surface area contributed by atoms with E-state index in [9.17, 15) is 18.0 Å². The second-order valence-electron chi connectivity index (χ2n) is 3.93. The van der Waals surface area contributed by atoms with Gasteiger partial charge in [0.15, 0.2) is 0 Å². The lowest BCUT2D eigenvalue weighted by atomic mass is 10.0. The van der Waals surface area contributed by atoms with Crippen LogP contribution in [0, 0.1) is 0 Å². The molecule has 17 heavy (non-hydrogen) atoms. The summed E-state index contributed by atoms with van der Waals surface area (Å²) >= 11 is 0. The van der Waals surface area contributed by atoms with Crippen LogP contribution in [0.25, 0.3) is 0 Å². The number of H-pyrrole nitrogens is 1. The van der Waals surface area contributed by atoms with Crippen molar-refractivity contribution >= 4 is 0 Å². The van der Waals surface area contributed by atoms with E-state index in [1.165, 1.54) is 0 Å². The van der Waals surface area contributed by atoms with Crippen molar-refractivity contribution < 1.29 is 13.2 Å². The zero-order valence-electron chi connectivity index (χ0n) is 9.77. The number of halogens is 3. The van der Waals surface area contributed by atoms with Gasteiger partial charge in [-0.1, -0.05) is 13.8 Å². The molecule has 0 saturated heterocycles. The van der Waals surface area contributed by atoms with Crippen molar-refractivity contribution in [3.8, 4) is 0 Å². The molecule has 3 nitrogen and oxygen atoms in total. The molecule has 0 atom stereocenters. The largest absolute Gasteiger partial charge is 0.393 e. The van der Waals surface area contributed by atoms with Crippen LogP contribution >= 0.6 is 0 Å². The molecule has 96 valence electrons. The van der Waals surface area contributed by atoms with Gasteiger partial charge in [-0.2, -0.15) is 13.2 Å². The smallest absolute Gasteiger partial charge is 0.310 e. The second-order valence-corrected chi connectivity index (χ2v) is 3.93. The number of aromatic amines is 1. The lowest BCUT2D eigenvalue weighted by molar-refractivity contribution is -0.127. The zero-order chi connectivity index (χ0) is 13.1. The number of nitrogens with one attached hydrogen (secondary N) is 1. The van der Waals surface area contributed by atoms with Gasteiger partial charge >= 0.3 is 6.18 Å². The van der Waals surface area contributed by atoms with Gasteiger partial charge in [0.2, 0.25) is 0 Å². The van der Waals surface area contributed by atoms with Crippen LogP contribution in [0.4, 0.5) is 13.2 Å². The molecule has 1 rings (SSSR count). The first-order valence-corrected chi connectivity index (χ1v) is 5.52. The first-order chi connectivity index (χ1) is 7.87. The van der Waals surface area contributed by atoms with Gasteiger partial charge < -0.3 is 4.98 Å². The van der Waals surface area contributed by atoms with E-state index >= 15 is 0 Å². The van der Waals surface area contributed by atoms with Crippen LogP contribution < -0.4 is 5.56 Å². The highest BCUT2D eigenvalue weighted by molar-refractivity contribution is 5.09. The maximum absolute atomic E-state index is 12.1. The van der Waals surface area contributed by atoms with Crippen LogP contribution in [0.15, 0.2) is 11.0 Å². The molecular weight excluding hydrogens is 233 g/mol. The standard InChI is InChI=1S/C11H15F3N2O/c1-3-7(4-2)9-15-6-8(10(17)16-9)5-11(12,13)14/h6-7H,3-5H2,1-2H3,(H,15,16,17). The number of rotatable bonds is 4. The molecule has 1 N–H and O–H groups in total. The Morgan fingerprint density at radius 1 is 1.35 bits per heavy atom. The van der Waals surface area contributed by atoms with Crippen LogP contribution in [-0.2, 0) is 6.42 Å². The molecule has 1 aromatic heterocycles. The normalized spacial score (nSPS) is 12.1. The molecule has 0 radical (unpaired) electrons. The van der Waals surface area contributed by atoms with Gasteiger partial charge in [0.1, 0.15) is 5.82 Å². The minimum atomic E-state index is -4.38. The SMILES string of the molecule is CCC(CC)c1ncc(CC(F)(F)F)c(=O)[nH]1. The van der Waals surface area contributed by atoms with E-state index < -0.39 is 18.2 Å². The van der Waals surface area contributed by atoms with Crippen molar-refractivity contribution in [2.24, 2.45) is 0 Å². The Hall–Kier alpha value is -1.33. The molecule has 0 aliphatic heterocycles. The molecule has 0 fully saturated rings. The highest BCUT2D eigenvalue weighted by Crippen LogP contribution is 2.20. The molecule has 0 unspecified atom stereocenters. The van der Waals surface area contributed by atoms with Crippen LogP contribution in [0.1, 0.15) is 44.0 Å². The summed E-state index contributed by atoms with van der Waals surface area (Å²) in [5.74, 6) is 0.550. The highest BCUT2D eigenvalue weighted by atomic mass is 19.4. The van der Waals surface area contributed by atoms with Crippen molar-refractivity contribution in [1.29, 1.82) is 0 Å². The van der Waals surface area contributed by atoms with Crippen LogP contribution in [0.2, 0.25) is 0 Å². The summed E-state index contributed by atoms with van der Waals surface area (Å²) in [6.07, 6.45) is -3.01. The predicted molar refractivity (Wildman–Crippen MR) is 57.9 cm³/mol. The maximum Gasteiger partial charge on any atom is 0.393 e. The van der Waals surface area contributed by atoms with E-state index in [-0.39, 0.29) is 11.5 Å². The Morgan fingerprint density at radius 3 is 2.35 bits per heavy atom. The molecular formula is C11H15F3N2O. The van der Waals surface area contributed by atoms with Crippen molar-refractivity contribution in [3.05, 3.63) is 27.9 Å². The quantitative estimate of drug-likeness (QED) is 0.890. The lowest BCUT2D eigenvalue weighted by Gasteiger charge is -2.12. The molecule has 0 aliphatic rings. The highest BCUT2D eigenvalue weighted by Gasteiger charge is 2.29. The van der Waals surface area contributed by atoms with Gasteiger partial charge in [0.05, 0.1) is 6.42 Å². The summed E-state index contributed by atoms with van der Waals surface area (Å²) in [5, 5.41) is 0. The fraction of sp³-hybridized carbons (Fsp3) is 0.636. The number of aromatic nitrogens is 2. The van der Waals surface area contributed by atoms with Crippen molar-refractivity contribution in [2.75, 3.05) is 0 Å². The minimum Gasteiger partial charge on any atom is -0.310 e. The summed E-state index contributed by atoms with van der Waals surface area (Å²) in [6.45, 7) is 3.88. The van der Waals surface area contributed by atoms with Gasteiger partial charge in [-0.15, -0.1) is 0 Å². The number of hydrogen-bond acceptors (Lipinski definition) is 2. The summed E-state index contributed by atoms with van der Waals surface area (Å²) in [6, 6.07) is 0. The molecule has 0 saturated carbocycles. The molecule has 0 aliphatic carbocycles. The molecule has 0 aromatic carbocycles. The number of hydrogen-bond donors (Lipinski definition) is 1. The summed E-state index contributed by atoms with van der Waals surface area (Å²) < 4.78 is 36.4. The fourth-order valence-corrected chi connectivity index (χ4v) is 1.66. The molecule has 0 amide bonds. The summed E-state index contributed by atoms with van der Waals surface area (Å²) in [4.78, 5) is 17.8. The predicted octanol–water partition coefficient (Wildman–Crippen LogP) is 2.78. The van der Waals surface area contributed by atoms with E-state index in [2.05, 4.69) is 9.97 Å². The third kappa shape index (κ3) is 3.87. The van der Waals surface area contributed by atoms with E-state index in [0.29, 0.717) is 5.82 Å². The first-order valence-electron chi connectivity index (χ1n) is 5.52. The average molecular weight is 248 g/mol. The van der Waals surface area contributed by atoms with Crippen molar-refractivity contribution in [1.82, 2.24) is 9.97 Å². The Balaban J connectivity index is 2.98. The Bertz CT molecular complexity index is 421. The maximum atomic E-state index is 12.1. The van der Waals surface area contributed by atoms with Gasteiger partial charge in [-0.25, -0.2) is 4.98 Å².